The van der Waals surface area contributed by atoms with E-state index in [0.717, 1.165) is 22.8 Å². The van der Waals surface area contributed by atoms with Crippen molar-refractivity contribution in [3.63, 3.8) is 0 Å². The lowest BCUT2D eigenvalue weighted by Gasteiger charge is -2.32. The van der Waals surface area contributed by atoms with Crippen LogP contribution in [0.3, 0.4) is 0 Å². The molecule has 8 nitrogen and oxygen atoms in total. The van der Waals surface area contributed by atoms with Crippen molar-refractivity contribution in [1.29, 1.82) is 0 Å². The van der Waals surface area contributed by atoms with Gasteiger partial charge in [0.2, 0.25) is 0 Å². The molecule has 1 aromatic heterocycles. The first-order valence-corrected chi connectivity index (χ1v) is 10.1. The molecule has 2 aromatic rings. The van der Waals surface area contributed by atoms with Gasteiger partial charge < -0.3 is 16.4 Å². The van der Waals surface area contributed by atoms with Gasteiger partial charge in [0.1, 0.15) is 5.84 Å². The van der Waals surface area contributed by atoms with E-state index in [1.54, 1.807) is 0 Å². The Kier molecular flexibility index (Phi) is 5.41. The third kappa shape index (κ3) is 4.96. The molecule has 0 bridgehead atoms. The highest BCUT2D eigenvalue weighted by atomic mass is 16.1. The molecule has 1 aliphatic carbocycles. The Morgan fingerprint density at radius 2 is 2.10 bits per heavy atom. The third-order valence-electron chi connectivity index (χ3n) is 5.04. The van der Waals surface area contributed by atoms with Gasteiger partial charge in [-0.3, -0.25) is 15.2 Å². The number of rotatable bonds is 7. The van der Waals surface area contributed by atoms with E-state index in [9.17, 15) is 4.79 Å². The second kappa shape index (κ2) is 8.16. The fourth-order valence-corrected chi connectivity index (χ4v) is 3.41. The van der Waals surface area contributed by atoms with Crippen LogP contribution in [0.25, 0.3) is 5.70 Å². The molecule has 156 valence electrons. The van der Waals surface area contributed by atoms with Crippen LogP contribution >= 0.6 is 0 Å². The van der Waals surface area contributed by atoms with Gasteiger partial charge in [0.15, 0.2) is 17.4 Å². The number of hydrogen-bond acceptors (Lipinski definition) is 7. The predicted molar refractivity (Wildman–Crippen MR) is 119 cm³/mol. The molecule has 0 saturated heterocycles. The number of nitrogens with two attached hydrogens (primary N) is 1. The molecular formula is C22H27N7O. The summed E-state index contributed by atoms with van der Waals surface area (Å²) in [5.41, 5.74) is 9.37. The quantitative estimate of drug-likeness (QED) is 0.451. The summed E-state index contributed by atoms with van der Waals surface area (Å²) >= 11 is 0. The number of H-pyrrole nitrogens is 1. The Bertz CT molecular complexity index is 1020. The number of amidine groups is 1. The van der Waals surface area contributed by atoms with E-state index >= 15 is 0 Å². The molecule has 2 aliphatic rings. The van der Waals surface area contributed by atoms with E-state index in [4.69, 9.17) is 5.73 Å². The number of allylic oxidation sites excluding steroid dienone is 1. The van der Waals surface area contributed by atoms with Crippen LogP contribution in [0, 0.1) is 0 Å². The summed E-state index contributed by atoms with van der Waals surface area (Å²) in [4.78, 5) is 17.1. The summed E-state index contributed by atoms with van der Waals surface area (Å²) in [5, 5.41) is 17.1. The van der Waals surface area contributed by atoms with Gasteiger partial charge in [-0.15, -0.1) is 0 Å². The van der Waals surface area contributed by atoms with Crippen molar-refractivity contribution in [2.24, 2.45) is 10.7 Å². The van der Waals surface area contributed by atoms with Crippen LogP contribution < -0.4 is 21.7 Å². The van der Waals surface area contributed by atoms with Gasteiger partial charge in [-0.25, -0.2) is 4.99 Å². The second-order valence-electron chi connectivity index (χ2n) is 7.91. The Morgan fingerprint density at radius 1 is 1.33 bits per heavy atom. The highest BCUT2D eigenvalue weighted by molar-refractivity contribution is 6.04. The van der Waals surface area contributed by atoms with E-state index in [-0.39, 0.29) is 12.3 Å². The zero-order valence-electron chi connectivity index (χ0n) is 17.2. The number of nitrogens with one attached hydrogen (secondary N) is 4. The van der Waals surface area contributed by atoms with Gasteiger partial charge in [-0.1, -0.05) is 30.3 Å². The number of benzene rings is 1. The predicted octanol–water partition coefficient (Wildman–Crippen LogP) is 2.44. The number of nitrogens with zero attached hydrogens (tertiary/aromatic N) is 2. The first-order chi connectivity index (χ1) is 14.4. The molecule has 1 aromatic carbocycles. The van der Waals surface area contributed by atoms with Crippen LogP contribution in [0.15, 0.2) is 59.2 Å². The molecule has 1 saturated carbocycles. The zero-order chi connectivity index (χ0) is 21.1. The first-order valence-electron chi connectivity index (χ1n) is 10.1. The van der Waals surface area contributed by atoms with Crippen molar-refractivity contribution in [2.75, 3.05) is 11.9 Å². The van der Waals surface area contributed by atoms with E-state index in [2.05, 4.69) is 31.1 Å². The average Bonchev–Trinajstić information content (AvgIpc) is 3.46. The number of aromatic nitrogens is 2. The van der Waals surface area contributed by atoms with Gasteiger partial charge in [-0.2, -0.15) is 5.10 Å². The molecule has 6 N–H and O–H groups in total. The van der Waals surface area contributed by atoms with Crippen LogP contribution in [0.2, 0.25) is 0 Å². The van der Waals surface area contributed by atoms with Crippen molar-refractivity contribution >= 4 is 23.1 Å². The smallest absolute Gasteiger partial charge is 0.184 e. The van der Waals surface area contributed by atoms with Gasteiger partial charge in [0, 0.05) is 35.1 Å². The third-order valence-corrected chi connectivity index (χ3v) is 5.04. The second-order valence-corrected chi connectivity index (χ2v) is 7.91. The molecule has 0 amide bonds. The van der Waals surface area contributed by atoms with Crippen molar-refractivity contribution in [3.8, 4) is 0 Å². The van der Waals surface area contributed by atoms with Crippen LogP contribution in [0.5, 0.6) is 0 Å². The zero-order valence-corrected chi connectivity index (χ0v) is 17.2. The monoisotopic (exact) mass is 405 g/mol. The summed E-state index contributed by atoms with van der Waals surface area (Å²) in [6.45, 7) is 3.92. The fraction of sp³-hybridized carbons (Fsp3) is 0.318. The number of anilines is 1. The lowest BCUT2D eigenvalue weighted by Crippen LogP contribution is -2.56. The van der Waals surface area contributed by atoms with E-state index in [0.29, 0.717) is 17.5 Å². The number of aliphatic imine (C=N–C) groups is 1. The van der Waals surface area contributed by atoms with Crippen molar-refractivity contribution in [3.05, 3.63) is 65.5 Å². The van der Waals surface area contributed by atoms with E-state index in [1.807, 2.05) is 56.3 Å². The average molecular weight is 406 g/mol. The molecule has 8 heteroatoms. The number of aromatic amines is 1. The minimum Gasteiger partial charge on any atom is -0.398 e. The molecule has 30 heavy (non-hydrogen) atoms. The number of carbonyl (C=O) groups excluding carboxylic acids is 1. The lowest BCUT2D eigenvalue weighted by molar-refractivity contribution is -0.114. The minimum absolute atomic E-state index is 0.0926. The summed E-state index contributed by atoms with van der Waals surface area (Å²) in [6, 6.07) is 11.4. The Balaban J connectivity index is 1.39. The molecule has 4 rings (SSSR count). The van der Waals surface area contributed by atoms with Crippen LogP contribution in [0.1, 0.15) is 43.9 Å². The van der Waals surface area contributed by atoms with Crippen molar-refractivity contribution < 1.29 is 4.79 Å². The van der Waals surface area contributed by atoms with Gasteiger partial charge in [0.25, 0.3) is 0 Å². The molecule has 0 spiro atoms. The summed E-state index contributed by atoms with van der Waals surface area (Å²) < 4.78 is 0. The van der Waals surface area contributed by atoms with Crippen LogP contribution in [-0.2, 0) is 4.79 Å². The topological polar surface area (TPSA) is 120 Å². The largest absolute Gasteiger partial charge is 0.398 e. The van der Waals surface area contributed by atoms with Crippen molar-refractivity contribution in [2.45, 2.75) is 38.4 Å². The van der Waals surface area contributed by atoms with Gasteiger partial charge in [0.05, 0.1) is 6.54 Å². The molecule has 1 unspecified atom stereocenters. The molecule has 2 heterocycles. The normalized spacial score (nSPS) is 21.5. The first kappa shape index (κ1) is 19.9. The maximum Gasteiger partial charge on any atom is 0.184 e. The van der Waals surface area contributed by atoms with Gasteiger partial charge >= 0.3 is 0 Å². The SMILES string of the molecule is CC1=CC(Nc2cc(C3CC3)[nH]n2)=NC(C)(NCC(=O)/C=C(\N)c2ccccc2)N1. The number of hydrogen-bond donors (Lipinski definition) is 5. The Morgan fingerprint density at radius 3 is 2.83 bits per heavy atom. The van der Waals surface area contributed by atoms with Gasteiger partial charge in [-0.05, 0) is 38.3 Å². The highest BCUT2D eigenvalue weighted by Crippen LogP contribution is 2.39. The summed E-state index contributed by atoms with van der Waals surface area (Å²) in [5.74, 6) is 1.05. The Labute approximate surface area is 175 Å². The maximum atomic E-state index is 12.4. The van der Waals surface area contributed by atoms with Crippen LogP contribution in [-0.4, -0.2) is 34.1 Å². The summed E-state index contributed by atoms with van der Waals surface area (Å²) in [6.07, 6.45) is 5.78. The standard InChI is InChI=1S/C22H27N7O/c1-14-10-20(25-21-12-19(28-29-21)16-8-9-16)27-22(2,26-14)24-13-17(30)11-18(23)15-6-4-3-5-7-15/h3-7,10-12,16,24,26H,8-9,13,23H2,1-2H3,(H2,25,27,28,29)/b18-11-. The molecule has 0 radical (unpaired) electrons. The molecule has 1 atom stereocenters. The maximum absolute atomic E-state index is 12.4. The number of ketones is 1. The van der Waals surface area contributed by atoms with E-state index < -0.39 is 5.79 Å². The van der Waals surface area contributed by atoms with Crippen molar-refractivity contribution in [1.82, 2.24) is 20.8 Å². The lowest BCUT2D eigenvalue weighted by atomic mass is 10.1. The fourth-order valence-electron chi connectivity index (χ4n) is 3.41. The minimum atomic E-state index is -0.832. The highest BCUT2D eigenvalue weighted by Gasteiger charge is 2.28. The molecular weight excluding hydrogens is 378 g/mol. The molecule has 1 aliphatic heterocycles. The van der Waals surface area contributed by atoms with Crippen LogP contribution in [0.4, 0.5) is 5.82 Å². The van der Waals surface area contributed by atoms with E-state index in [1.165, 1.54) is 18.9 Å². The Hall–Kier alpha value is -3.39. The number of carbonyl (C=O) groups is 1. The summed E-state index contributed by atoms with van der Waals surface area (Å²) in [7, 11) is 0. The molecule has 1 fully saturated rings.